The standard InChI is InChI=1S/C23H29N3O6S2/c1-32-22-12-11-20(17-21(22)23(27)25-13-5-6-14-25)33(28,29)24-18-7-9-19(10-8-18)34(30,31)26-15-3-2-4-16-26/h7-12,17,24H,2-6,13-16H2,1H3. The molecule has 1 N–H and O–H groups in total. The fraction of sp³-hybridized carbons (Fsp3) is 0.435. The van der Waals surface area contributed by atoms with Crippen molar-refractivity contribution in [3.8, 4) is 5.75 Å². The summed E-state index contributed by atoms with van der Waals surface area (Å²) in [5.74, 6) is 0.0433. The first-order valence-electron chi connectivity index (χ1n) is 11.3. The molecule has 2 heterocycles. The second kappa shape index (κ2) is 9.93. The molecule has 0 bridgehead atoms. The van der Waals surface area contributed by atoms with Gasteiger partial charge < -0.3 is 9.64 Å². The first-order valence-corrected chi connectivity index (χ1v) is 14.2. The van der Waals surface area contributed by atoms with E-state index in [2.05, 4.69) is 4.72 Å². The Hall–Kier alpha value is -2.63. The average Bonchev–Trinajstić information content (AvgIpc) is 3.39. The highest BCUT2D eigenvalue weighted by molar-refractivity contribution is 7.92. The van der Waals surface area contributed by atoms with Crippen molar-refractivity contribution < 1.29 is 26.4 Å². The van der Waals surface area contributed by atoms with Gasteiger partial charge in [-0.25, -0.2) is 16.8 Å². The Labute approximate surface area is 200 Å². The van der Waals surface area contributed by atoms with Crippen molar-refractivity contribution >= 4 is 31.6 Å². The van der Waals surface area contributed by atoms with Gasteiger partial charge in [-0.2, -0.15) is 4.31 Å². The smallest absolute Gasteiger partial charge is 0.261 e. The zero-order valence-corrected chi connectivity index (χ0v) is 20.7. The van der Waals surface area contributed by atoms with Crippen LogP contribution >= 0.6 is 0 Å². The average molecular weight is 508 g/mol. The van der Waals surface area contributed by atoms with Crippen LogP contribution in [0.15, 0.2) is 52.3 Å². The van der Waals surface area contributed by atoms with Crippen molar-refractivity contribution in [1.29, 1.82) is 0 Å². The molecule has 0 atom stereocenters. The molecule has 2 aliphatic heterocycles. The molecular weight excluding hydrogens is 478 g/mol. The van der Waals surface area contributed by atoms with E-state index in [1.54, 1.807) is 4.90 Å². The molecule has 184 valence electrons. The minimum Gasteiger partial charge on any atom is -0.496 e. The van der Waals surface area contributed by atoms with Gasteiger partial charge in [-0.15, -0.1) is 0 Å². The number of benzene rings is 2. The normalized spacial score (nSPS) is 17.5. The fourth-order valence-electron chi connectivity index (χ4n) is 4.28. The number of sulfonamides is 2. The summed E-state index contributed by atoms with van der Waals surface area (Å²) in [5, 5.41) is 0. The molecule has 11 heteroatoms. The zero-order valence-electron chi connectivity index (χ0n) is 19.1. The number of ether oxygens (including phenoxy) is 1. The van der Waals surface area contributed by atoms with Crippen molar-refractivity contribution in [2.75, 3.05) is 38.0 Å². The molecule has 2 saturated heterocycles. The summed E-state index contributed by atoms with van der Waals surface area (Å²) in [6, 6.07) is 9.80. The number of piperidine rings is 1. The van der Waals surface area contributed by atoms with E-state index in [0.29, 0.717) is 31.9 Å². The van der Waals surface area contributed by atoms with Gasteiger partial charge in [-0.05, 0) is 68.1 Å². The minimum atomic E-state index is -4.02. The maximum absolute atomic E-state index is 13.0. The van der Waals surface area contributed by atoms with Gasteiger partial charge in [0.05, 0.1) is 22.5 Å². The van der Waals surface area contributed by atoms with Crippen molar-refractivity contribution in [1.82, 2.24) is 9.21 Å². The third-order valence-electron chi connectivity index (χ3n) is 6.16. The minimum absolute atomic E-state index is 0.0825. The largest absolute Gasteiger partial charge is 0.496 e. The van der Waals surface area contributed by atoms with E-state index in [9.17, 15) is 21.6 Å². The number of amides is 1. The van der Waals surface area contributed by atoms with E-state index < -0.39 is 20.0 Å². The Morgan fingerprint density at radius 1 is 0.824 bits per heavy atom. The van der Waals surface area contributed by atoms with Gasteiger partial charge in [0.2, 0.25) is 10.0 Å². The Morgan fingerprint density at radius 2 is 1.41 bits per heavy atom. The maximum atomic E-state index is 13.0. The predicted molar refractivity (Wildman–Crippen MR) is 128 cm³/mol. The van der Waals surface area contributed by atoms with E-state index in [0.717, 1.165) is 32.1 Å². The Kier molecular flexibility index (Phi) is 7.15. The van der Waals surface area contributed by atoms with Gasteiger partial charge in [-0.1, -0.05) is 6.42 Å². The molecule has 9 nitrogen and oxygen atoms in total. The van der Waals surface area contributed by atoms with Crippen LogP contribution in [0.3, 0.4) is 0 Å². The summed E-state index contributed by atoms with van der Waals surface area (Å²) in [6.45, 7) is 2.24. The number of carbonyl (C=O) groups excluding carboxylic acids is 1. The number of hydrogen-bond donors (Lipinski definition) is 1. The molecule has 0 aromatic heterocycles. The number of rotatable bonds is 7. The van der Waals surface area contributed by atoms with Crippen LogP contribution in [0.4, 0.5) is 5.69 Å². The predicted octanol–water partition coefficient (Wildman–Crippen LogP) is 2.91. The lowest BCUT2D eigenvalue weighted by Crippen LogP contribution is -2.35. The number of likely N-dealkylation sites (tertiary alicyclic amines) is 1. The van der Waals surface area contributed by atoms with Gasteiger partial charge in [0.1, 0.15) is 5.75 Å². The topological polar surface area (TPSA) is 113 Å². The van der Waals surface area contributed by atoms with Crippen molar-refractivity contribution in [2.24, 2.45) is 0 Å². The summed E-state index contributed by atoms with van der Waals surface area (Å²) in [6.07, 6.45) is 4.51. The molecule has 4 rings (SSSR count). The van der Waals surface area contributed by atoms with Gasteiger partial charge in [0.15, 0.2) is 0 Å². The van der Waals surface area contributed by atoms with E-state index in [1.807, 2.05) is 0 Å². The zero-order chi connectivity index (χ0) is 24.3. The second-order valence-corrected chi connectivity index (χ2v) is 12.1. The van der Waals surface area contributed by atoms with Crippen LogP contribution in [0.2, 0.25) is 0 Å². The highest BCUT2D eigenvalue weighted by atomic mass is 32.2. The number of carbonyl (C=O) groups is 1. The molecule has 0 spiro atoms. The van der Waals surface area contributed by atoms with Crippen LogP contribution in [0.1, 0.15) is 42.5 Å². The number of nitrogens with zero attached hydrogens (tertiary/aromatic N) is 2. The quantitative estimate of drug-likeness (QED) is 0.617. The van der Waals surface area contributed by atoms with Gasteiger partial charge in [-0.3, -0.25) is 9.52 Å². The Balaban J connectivity index is 1.55. The maximum Gasteiger partial charge on any atom is 0.261 e. The summed E-state index contributed by atoms with van der Waals surface area (Å²) >= 11 is 0. The van der Waals surface area contributed by atoms with Crippen LogP contribution in [0, 0.1) is 0 Å². The first-order chi connectivity index (χ1) is 16.2. The van der Waals surface area contributed by atoms with Gasteiger partial charge >= 0.3 is 0 Å². The molecule has 0 aliphatic carbocycles. The molecule has 2 aromatic rings. The number of methoxy groups -OCH3 is 1. The third kappa shape index (κ3) is 5.06. The SMILES string of the molecule is COc1ccc(S(=O)(=O)Nc2ccc(S(=O)(=O)N3CCCCC3)cc2)cc1C(=O)N1CCCC1. The molecule has 0 unspecified atom stereocenters. The monoisotopic (exact) mass is 507 g/mol. The molecule has 2 fully saturated rings. The number of hydrogen-bond acceptors (Lipinski definition) is 6. The summed E-state index contributed by atoms with van der Waals surface area (Å²) in [4.78, 5) is 14.6. The van der Waals surface area contributed by atoms with E-state index >= 15 is 0 Å². The summed E-state index contributed by atoms with van der Waals surface area (Å²) in [5.41, 5.74) is 0.413. The highest BCUT2D eigenvalue weighted by Crippen LogP contribution is 2.27. The van der Waals surface area contributed by atoms with E-state index in [1.165, 1.54) is 53.9 Å². The van der Waals surface area contributed by atoms with Crippen LogP contribution in [-0.4, -0.2) is 65.2 Å². The summed E-state index contributed by atoms with van der Waals surface area (Å²) < 4.78 is 60.9. The van der Waals surface area contributed by atoms with Crippen LogP contribution in [0.5, 0.6) is 5.75 Å². The van der Waals surface area contributed by atoms with Crippen molar-refractivity contribution in [3.63, 3.8) is 0 Å². The lowest BCUT2D eigenvalue weighted by atomic mass is 10.1. The number of anilines is 1. The summed E-state index contributed by atoms with van der Waals surface area (Å²) in [7, 11) is -6.20. The van der Waals surface area contributed by atoms with Crippen LogP contribution in [-0.2, 0) is 20.0 Å². The fourth-order valence-corrected chi connectivity index (χ4v) is 6.88. The number of nitrogens with one attached hydrogen (secondary N) is 1. The molecule has 34 heavy (non-hydrogen) atoms. The highest BCUT2D eigenvalue weighted by Gasteiger charge is 2.27. The van der Waals surface area contributed by atoms with Crippen molar-refractivity contribution in [3.05, 3.63) is 48.0 Å². The lowest BCUT2D eigenvalue weighted by molar-refractivity contribution is 0.0789. The molecule has 2 aromatic carbocycles. The molecule has 0 radical (unpaired) electrons. The second-order valence-electron chi connectivity index (χ2n) is 8.46. The van der Waals surface area contributed by atoms with E-state index in [-0.39, 0.29) is 26.9 Å². The third-order valence-corrected chi connectivity index (χ3v) is 9.46. The van der Waals surface area contributed by atoms with Gasteiger partial charge in [0.25, 0.3) is 15.9 Å². The molecule has 0 saturated carbocycles. The Bertz CT molecular complexity index is 1250. The van der Waals surface area contributed by atoms with Crippen molar-refractivity contribution in [2.45, 2.75) is 41.9 Å². The molecule has 1 amide bonds. The first kappa shape index (κ1) is 24.5. The van der Waals surface area contributed by atoms with Gasteiger partial charge in [0, 0.05) is 31.9 Å². The van der Waals surface area contributed by atoms with E-state index in [4.69, 9.17) is 4.74 Å². The Morgan fingerprint density at radius 3 is 2.03 bits per heavy atom. The van der Waals surface area contributed by atoms with Crippen LogP contribution in [0.25, 0.3) is 0 Å². The van der Waals surface area contributed by atoms with Crippen LogP contribution < -0.4 is 9.46 Å². The molecule has 2 aliphatic rings. The lowest BCUT2D eigenvalue weighted by Gasteiger charge is -2.25. The molecular formula is C23H29N3O6S2.